The third-order valence-electron chi connectivity index (χ3n) is 4.77. The summed E-state index contributed by atoms with van der Waals surface area (Å²) in [5.41, 5.74) is 1.35. The van der Waals surface area contributed by atoms with Crippen LogP contribution < -0.4 is 10.6 Å². The highest BCUT2D eigenvalue weighted by Gasteiger charge is 2.42. The number of hydrogen-bond acceptors (Lipinski definition) is 2. The molecule has 1 saturated heterocycles. The molecule has 0 aromatic heterocycles. The molecule has 1 aliphatic heterocycles. The Morgan fingerprint density at radius 3 is 2.41 bits per heavy atom. The molecule has 1 aromatic carbocycles. The van der Waals surface area contributed by atoms with Gasteiger partial charge in [-0.3, -0.25) is 10.1 Å². The molecule has 1 heterocycles. The average molecular weight is 308 g/mol. The number of rotatable bonds is 3. The molecule has 2 aliphatic rings. The maximum Gasteiger partial charge on any atom is 0.262 e. The van der Waals surface area contributed by atoms with Gasteiger partial charge >= 0.3 is 0 Å². The van der Waals surface area contributed by atoms with Crippen molar-refractivity contribution in [3.63, 3.8) is 0 Å². The van der Waals surface area contributed by atoms with Crippen molar-refractivity contribution in [3.8, 4) is 0 Å². The summed E-state index contributed by atoms with van der Waals surface area (Å²) in [4.78, 5) is 12.0. The van der Waals surface area contributed by atoms with Gasteiger partial charge in [-0.25, -0.2) is 8.78 Å². The van der Waals surface area contributed by atoms with E-state index in [4.69, 9.17) is 0 Å². The summed E-state index contributed by atoms with van der Waals surface area (Å²) >= 11 is 0. The molecule has 0 radical (unpaired) electrons. The van der Waals surface area contributed by atoms with Crippen LogP contribution in [-0.4, -0.2) is 30.5 Å². The molecule has 2 fully saturated rings. The van der Waals surface area contributed by atoms with Crippen LogP contribution in [0.25, 0.3) is 0 Å². The van der Waals surface area contributed by atoms with Gasteiger partial charge in [0.2, 0.25) is 5.91 Å². The van der Waals surface area contributed by atoms with E-state index < -0.39 is 24.9 Å². The van der Waals surface area contributed by atoms with Gasteiger partial charge in [0.05, 0.1) is 12.6 Å². The molecule has 1 aromatic rings. The fourth-order valence-corrected chi connectivity index (χ4v) is 3.50. The van der Waals surface area contributed by atoms with Crippen LogP contribution in [0.2, 0.25) is 0 Å². The van der Waals surface area contributed by atoms with Crippen LogP contribution in [0.3, 0.4) is 0 Å². The highest BCUT2D eigenvalue weighted by molar-refractivity contribution is 5.82. The predicted molar refractivity (Wildman–Crippen MR) is 80.9 cm³/mol. The van der Waals surface area contributed by atoms with E-state index >= 15 is 0 Å². The number of amides is 1. The van der Waals surface area contributed by atoms with E-state index in [2.05, 4.69) is 34.9 Å². The van der Waals surface area contributed by atoms with Crippen LogP contribution in [0.4, 0.5) is 8.78 Å². The molecule has 1 amide bonds. The Bertz CT molecular complexity index is 513. The van der Waals surface area contributed by atoms with Crippen LogP contribution in [-0.2, 0) is 4.79 Å². The summed E-state index contributed by atoms with van der Waals surface area (Å²) in [6.45, 7) is -0.397. The van der Waals surface area contributed by atoms with Crippen LogP contribution in [0.5, 0.6) is 0 Å². The molecule has 2 N–H and O–H groups in total. The highest BCUT2D eigenvalue weighted by atomic mass is 19.3. The smallest absolute Gasteiger partial charge is 0.262 e. The number of benzene rings is 1. The average Bonchev–Trinajstić information content (AvgIpc) is 2.89. The van der Waals surface area contributed by atoms with Crippen molar-refractivity contribution < 1.29 is 13.6 Å². The molecule has 120 valence electrons. The van der Waals surface area contributed by atoms with Crippen LogP contribution in [0.15, 0.2) is 30.3 Å². The molecular weight excluding hydrogens is 286 g/mol. The second-order valence-electron chi connectivity index (χ2n) is 6.46. The van der Waals surface area contributed by atoms with Gasteiger partial charge in [0.15, 0.2) is 0 Å². The van der Waals surface area contributed by atoms with Crippen molar-refractivity contribution in [1.82, 2.24) is 10.6 Å². The molecule has 0 spiro atoms. The van der Waals surface area contributed by atoms with Gasteiger partial charge in [0.25, 0.3) is 5.92 Å². The number of nitrogens with one attached hydrogen (secondary N) is 2. The molecule has 3 nitrogen and oxygen atoms in total. The normalized spacial score (nSPS) is 30.9. The zero-order chi connectivity index (χ0) is 15.6. The minimum atomic E-state index is -2.76. The predicted octanol–water partition coefficient (Wildman–Crippen LogP) is 2.83. The van der Waals surface area contributed by atoms with Crippen molar-refractivity contribution in [2.45, 2.75) is 56.0 Å². The van der Waals surface area contributed by atoms with E-state index in [1.807, 2.05) is 6.07 Å². The second-order valence-corrected chi connectivity index (χ2v) is 6.46. The Balaban J connectivity index is 1.47. The van der Waals surface area contributed by atoms with E-state index in [1.165, 1.54) is 5.56 Å². The minimum Gasteiger partial charge on any atom is -0.352 e. The summed E-state index contributed by atoms with van der Waals surface area (Å²) in [6, 6.07) is 9.77. The Morgan fingerprint density at radius 1 is 1.14 bits per heavy atom. The lowest BCUT2D eigenvalue weighted by Gasteiger charge is -2.30. The maximum absolute atomic E-state index is 13.1. The number of carbonyl (C=O) groups is 1. The molecule has 1 aliphatic carbocycles. The molecule has 22 heavy (non-hydrogen) atoms. The number of carbonyl (C=O) groups excluding carboxylic acids is 1. The first-order chi connectivity index (χ1) is 10.5. The molecule has 0 bridgehead atoms. The van der Waals surface area contributed by atoms with Crippen LogP contribution >= 0.6 is 0 Å². The SMILES string of the molecule is O=C(NC1CCC(c2ccccc2)CC1)C1CC(F)(F)CN1. The molecule has 1 atom stereocenters. The van der Waals surface area contributed by atoms with Crippen molar-refractivity contribution >= 4 is 5.91 Å². The lowest BCUT2D eigenvalue weighted by molar-refractivity contribution is -0.124. The van der Waals surface area contributed by atoms with E-state index in [0.29, 0.717) is 5.92 Å². The molecule has 3 rings (SSSR count). The Labute approximate surface area is 129 Å². The van der Waals surface area contributed by atoms with E-state index in [-0.39, 0.29) is 11.9 Å². The van der Waals surface area contributed by atoms with E-state index in [1.54, 1.807) is 0 Å². The third kappa shape index (κ3) is 3.64. The summed E-state index contributed by atoms with van der Waals surface area (Å²) in [6.07, 6.45) is 3.49. The fourth-order valence-electron chi connectivity index (χ4n) is 3.50. The lowest BCUT2D eigenvalue weighted by Crippen LogP contribution is -2.46. The van der Waals surface area contributed by atoms with Crippen molar-refractivity contribution in [1.29, 1.82) is 0 Å². The zero-order valence-corrected chi connectivity index (χ0v) is 12.5. The van der Waals surface area contributed by atoms with Gasteiger partial charge in [-0.2, -0.15) is 0 Å². The van der Waals surface area contributed by atoms with E-state index in [9.17, 15) is 13.6 Å². The van der Waals surface area contributed by atoms with Crippen molar-refractivity contribution in [2.24, 2.45) is 0 Å². The molecule has 5 heteroatoms. The summed E-state index contributed by atoms with van der Waals surface area (Å²) in [5, 5.41) is 5.54. The first kappa shape index (κ1) is 15.4. The largest absolute Gasteiger partial charge is 0.352 e. The second kappa shape index (κ2) is 6.32. The maximum atomic E-state index is 13.1. The van der Waals surface area contributed by atoms with Crippen molar-refractivity contribution in [3.05, 3.63) is 35.9 Å². The quantitative estimate of drug-likeness (QED) is 0.901. The van der Waals surface area contributed by atoms with Gasteiger partial charge in [-0.15, -0.1) is 0 Å². The highest BCUT2D eigenvalue weighted by Crippen LogP contribution is 2.33. The number of hydrogen-bond donors (Lipinski definition) is 2. The number of alkyl halides is 2. The summed E-state index contributed by atoms with van der Waals surface area (Å²) in [7, 11) is 0. The molecular formula is C17H22F2N2O. The third-order valence-corrected chi connectivity index (χ3v) is 4.77. The minimum absolute atomic E-state index is 0.114. The summed E-state index contributed by atoms with van der Waals surface area (Å²) < 4.78 is 26.3. The van der Waals surface area contributed by atoms with Gasteiger partial charge in [-0.1, -0.05) is 30.3 Å². The molecule has 1 saturated carbocycles. The van der Waals surface area contributed by atoms with E-state index in [0.717, 1.165) is 25.7 Å². The number of halogens is 2. The van der Waals surface area contributed by atoms with Crippen LogP contribution in [0.1, 0.15) is 43.6 Å². The summed E-state index contributed by atoms with van der Waals surface area (Å²) in [5.74, 6) is -2.49. The Morgan fingerprint density at radius 2 is 1.82 bits per heavy atom. The van der Waals surface area contributed by atoms with Gasteiger partial charge < -0.3 is 5.32 Å². The standard InChI is InChI=1S/C17H22F2N2O/c18-17(19)10-15(20-11-17)16(22)21-14-8-6-13(7-9-14)12-4-2-1-3-5-12/h1-5,13-15,20H,6-11H2,(H,21,22). The first-order valence-electron chi connectivity index (χ1n) is 8.00. The topological polar surface area (TPSA) is 41.1 Å². The lowest BCUT2D eigenvalue weighted by atomic mass is 9.81. The Kier molecular flexibility index (Phi) is 4.43. The monoisotopic (exact) mass is 308 g/mol. The van der Waals surface area contributed by atoms with Crippen molar-refractivity contribution in [2.75, 3.05) is 6.54 Å². The zero-order valence-electron chi connectivity index (χ0n) is 12.5. The fraction of sp³-hybridized carbons (Fsp3) is 0.588. The first-order valence-corrected chi connectivity index (χ1v) is 8.00. The van der Waals surface area contributed by atoms with Gasteiger partial charge in [-0.05, 0) is 37.2 Å². The molecule has 1 unspecified atom stereocenters. The van der Waals surface area contributed by atoms with Crippen LogP contribution in [0, 0.1) is 0 Å². The van der Waals surface area contributed by atoms with Gasteiger partial charge in [0, 0.05) is 12.5 Å². The Hall–Kier alpha value is -1.49. The van der Waals surface area contributed by atoms with Gasteiger partial charge in [0.1, 0.15) is 0 Å².